The van der Waals surface area contributed by atoms with Gasteiger partial charge >= 0.3 is 0 Å². The Bertz CT molecular complexity index is 1320. The van der Waals surface area contributed by atoms with Gasteiger partial charge in [0, 0.05) is 27.1 Å². The minimum atomic E-state index is -0.437. The first kappa shape index (κ1) is 21.7. The molecule has 33 heavy (non-hydrogen) atoms. The Morgan fingerprint density at radius 1 is 1.00 bits per heavy atom. The number of hydrogen-bond acceptors (Lipinski definition) is 2. The highest BCUT2D eigenvalue weighted by molar-refractivity contribution is 6.37. The van der Waals surface area contributed by atoms with Crippen molar-refractivity contribution < 1.29 is 9.59 Å². The van der Waals surface area contributed by atoms with Crippen molar-refractivity contribution in [1.82, 2.24) is 0 Å². The summed E-state index contributed by atoms with van der Waals surface area (Å²) >= 11 is 6.18. The van der Waals surface area contributed by atoms with Gasteiger partial charge in [-0.3, -0.25) is 9.59 Å². The lowest BCUT2D eigenvalue weighted by molar-refractivity contribution is -0.114. The number of carbonyl (C=O) groups is 2. The molecule has 0 radical (unpaired) electrons. The third-order valence-electron chi connectivity index (χ3n) is 7.00. The Balaban J connectivity index is 1.74. The monoisotopic (exact) mass is 455 g/mol. The molecule has 2 aliphatic rings. The topological polar surface area (TPSA) is 37.4 Å². The van der Waals surface area contributed by atoms with Crippen LogP contribution in [-0.2, 0) is 10.2 Å². The molecule has 3 nitrogen and oxygen atoms in total. The Labute approximate surface area is 199 Å². The molecule has 0 spiro atoms. The lowest BCUT2D eigenvalue weighted by atomic mass is 9.65. The third kappa shape index (κ3) is 3.34. The van der Waals surface area contributed by atoms with Crippen LogP contribution in [0, 0.1) is 6.92 Å². The van der Waals surface area contributed by atoms with Crippen LogP contribution in [0.15, 0.2) is 72.8 Å². The summed E-state index contributed by atoms with van der Waals surface area (Å²) < 4.78 is 0. The van der Waals surface area contributed by atoms with E-state index in [4.69, 9.17) is 11.6 Å². The molecular weight excluding hydrogens is 430 g/mol. The van der Waals surface area contributed by atoms with Gasteiger partial charge in [-0.1, -0.05) is 72.6 Å². The molecule has 2 heterocycles. The number of allylic oxidation sites excluding steroid dienone is 1. The third-order valence-corrected chi connectivity index (χ3v) is 7.25. The fourth-order valence-corrected chi connectivity index (χ4v) is 5.76. The van der Waals surface area contributed by atoms with Crippen LogP contribution >= 0.6 is 11.6 Å². The fourth-order valence-electron chi connectivity index (χ4n) is 5.63. The summed E-state index contributed by atoms with van der Waals surface area (Å²) in [5.41, 5.74) is 5.41. The lowest BCUT2D eigenvalue weighted by Gasteiger charge is -2.50. The number of carbonyl (C=O) groups excluding carboxylic acids is 2. The minimum Gasteiger partial charge on any atom is -0.302 e. The van der Waals surface area contributed by atoms with Gasteiger partial charge < -0.3 is 4.90 Å². The molecule has 166 valence electrons. The second kappa shape index (κ2) is 7.43. The fraction of sp³-hybridized carbons (Fsp3) is 0.241. The summed E-state index contributed by atoms with van der Waals surface area (Å²) in [6.07, 6.45) is 2.27. The standard InChI is InChI=1S/C29H26ClNO2/c1-18-14-22-23(16-25(32)19-8-6-5-7-9-19)27(33)31-26(22)24(15-18)29(4,17-28(31,2)3)20-10-12-21(30)13-11-20/h5-16H,17H2,1-4H3/b23-16+. The van der Waals surface area contributed by atoms with Crippen molar-refractivity contribution in [3.63, 3.8) is 0 Å². The van der Waals surface area contributed by atoms with Crippen molar-refractivity contribution in [2.24, 2.45) is 0 Å². The van der Waals surface area contributed by atoms with Crippen molar-refractivity contribution in [1.29, 1.82) is 0 Å². The molecule has 5 rings (SSSR count). The zero-order chi connectivity index (χ0) is 23.5. The van der Waals surface area contributed by atoms with Crippen LogP contribution in [-0.4, -0.2) is 17.2 Å². The summed E-state index contributed by atoms with van der Waals surface area (Å²) in [6, 6.07) is 21.3. The van der Waals surface area contributed by atoms with Crippen LogP contribution in [0.5, 0.6) is 0 Å². The Hall–Kier alpha value is -3.17. The van der Waals surface area contributed by atoms with Crippen molar-refractivity contribution in [3.8, 4) is 0 Å². The van der Waals surface area contributed by atoms with Crippen LogP contribution in [0.25, 0.3) is 5.57 Å². The largest absolute Gasteiger partial charge is 0.302 e. The molecule has 0 bridgehead atoms. The van der Waals surface area contributed by atoms with Crippen LogP contribution < -0.4 is 4.90 Å². The Morgan fingerprint density at radius 3 is 2.33 bits per heavy atom. The second-order valence-electron chi connectivity index (χ2n) is 9.97. The number of hydrogen-bond donors (Lipinski definition) is 0. The molecule has 0 N–H and O–H groups in total. The molecule has 3 aromatic rings. The quantitative estimate of drug-likeness (QED) is 0.323. The summed E-state index contributed by atoms with van der Waals surface area (Å²) in [5, 5.41) is 0.702. The second-order valence-corrected chi connectivity index (χ2v) is 10.4. The minimum absolute atomic E-state index is 0.107. The highest BCUT2D eigenvalue weighted by atomic mass is 35.5. The van der Waals surface area contributed by atoms with Crippen molar-refractivity contribution in [3.05, 3.63) is 106 Å². The van der Waals surface area contributed by atoms with E-state index >= 15 is 0 Å². The molecule has 0 saturated heterocycles. The molecule has 0 fully saturated rings. The number of ketones is 1. The van der Waals surface area contributed by atoms with E-state index in [2.05, 4.69) is 39.0 Å². The lowest BCUT2D eigenvalue weighted by Crippen LogP contribution is -2.54. The van der Waals surface area contributed by atoms with Crippen LogP contribution in [0.3, 0.4) is 0 Å². The number of amides is 1. The molecular formula is C29H26ClNO2. The molecule has 2 aliphatic heterocycles. The van der Waals surface area contributed by atoms with Gasteiger partial charge in [0.25, 0.3) is 5.91 Å². The Morgan fingerprint density at radius 2 is 1.67 bits per heavy atom. The predicted molar refractivity (Wildman–Crippen MR) is 134 cm³/mol. The molecule has 1 amide bonds. The predicted octanol–water partition coefficient (Wildman–Crippen LogP) is 6.75. The number of benzene rings is 3. The van der Waals surface area contributed by atoms with Crippen molar-refractivity contribution in [2.45, 2.75) is 45.1 Å². The maximum absolute atomic E-state index is 13.8. The summed E-state index contributed by atoms with van der Waals surface area (Å²) in [6.45, 7) is 8.50. The maximum Gasteiger partial charge on any atom is 0.259 e. The number of aryl methyl sites for hydroxylation is 1. The van der Waals surface area contributed by atoms with E-state index in [0.29, 0.717) is 16.2 Å². The van der Waals surface area contributed by atoms with Crippen LogP contribution in [0.1, 0.15) is 59.8 Å². The van der Waals surface area contributed by atoms with Crippen molar-refractivity contribution in [2.75, 3.05) is 4.90 Å². The highest BCUT2D eigenvalue weighted by Crippen LogP contribution is 2.56. The average molecular weight is 456 g/mol. The SMILES string of the molecule is Cc1cc2c3c(c1)C(C)(c1ccc(Cl)cc1)CC(C)(C)N3C(=O)/C2=C/C(=O)c1ccccc1. The summed E-state index contributed by atoms with van der Waals surface area (Å²) in [7, 11) is 0. The van der Waals surface area contributed by atoms with Crippen molar-refractivity contribution >= 4 is 34.6 Å². The van der Waals surface area contributed by atoms with E-state index in [1.54, 1.807) is 12.1 Å². The molecule has 0 aromatic heterocycles. The molecule has 0 saturated carbocycles. The first-order valence-corrected chi connectivity index (χ1v) is 11.6. The van der Waals surface area contributed by atoms with E-state index in [0.717, 1.165) is 34.4 Å². The molecule has 0 aliphatic carbocycles. The Kier molecular flexibility index (Phi) is 4.88. The van der Waals surface area contributed by atoms with Gasteiger partial charge in [-0.25, -0.2) is 0 Å². The highest BCUT2D eigenvalue weighted by Gasteiger charge is 2.52. The van der Waals surface area contributed by atoms with Crippen LogP contribution in [0.2, 0.25) is 5.02 Å². The smallest absolute Gasteiger partial charge is 0.259 e. The number of rotatable bonds is 3. The number of halogens is 1. The van der Waals surface area contributed by atoms with E-state index in [9.17, 15) is 9.59 Å². The molecule has 4 heteroatoms. The van der Waals surface area contributed by atoms with Gasteiger partial charge in [-0.05, 0) is 62.6 Å². The first-order valence-electron chi connectivity index (χ1n) is 11.2. The maximum atomic E-state index is 13.8. The first-order chi connectivity index (χ1) is 15.6. The summed E-state index contributed by atoms with van der Waals surface area (Å²) in [4.78, 5) is 28.7. The number of nitrogens with zero attached hydrogens (tertiary/aromatic N) is 1. The van der Waals surface area contributed by atoms with E-state index in [-0.39, 0.29) is 17.1 Å². The van der Waals surface area contributed by atoms with E-state index in [1.807, 2.05) is 48.2 Å². The molecule has 1 unspecified atom stereocenters. The summed E-state index contributed by atoms with van der Waals surface area (Å²) in [5.74, 6) is -0.267. The van der Waals surface area contributed by atoms with Gasteiger partial charge in [0.15, 0.2) is 5.78 Å². The number of anilines is 1. The normalized spacial score (nSPS) is 21.9. The zero-order valence-electron chi connectivity index (χ0n) is 19.3. The molecule has 3 aromatic carbocycles. The zero-order valence-corrected chi connectivity index (χ0v) is 20.0. The van der Waals surface area contributed by atoms with Gasteiger partial charge in [-0.15, -0.1) is 0 Å². The average Bonchev–Trinajstić information content (AvgIpc) is 3.05. The molecule has 1 atom stereocenters. The van der Waals surface area contributed by atoms with Crippen LogP contribution in [0.4, 0.5) is 5.69 Å². The van der Waals surface area contributed by atoms with Gasteiger partial charge in [-0.2, -0.15) is 0 Å². The van der Waals surface area contributed by atoms with E-state index in [1.165, 1.54) is 6.08 Å². The van der Waals surface area contributed by atoms with E-state index < -0.39 is 5.54 Å². The van der Waals surface area contributed by atoms with Gasteiger partial charge in [0.1, 0.15) is 0 Å². The van der Waals surface area contributed by atoms with Gasteiger partial charge in [0.05, 0.1) is 11.3 Å². The van der Waals surface area contributed by atoms with Gasteiger partial charge in [0.2, 0.25) is 0 Å².